The molecule has 0 atom stereocenters. The standard InChI is InChI=1S/C27H24FN3O/c1-18-8-10-21(17-23(18)26-22-7-3-2-6-19(22)12-13-29-26)30-27(32)20-9-11-25(24(28)16-20)31-14-4-5-15-31/h2-3,6-13,16-17H,4-5,14-15H2,1H3,(H,30,32). The molecule has 0 bridgehead atoms. The summed E-state index contributed by atoms with van der Waals surface area (Å²) in [6.45, 7) is 3.74. The van der Waals surface area contributed by atoms with Crippen molar-refractivity contribution in [1.82, 2.24) is 4.98 Å². The van der Waals surface area contributed by atoms with Crippen LogP contribution in [0.4, 0.5) is 15.8 Å². The van der Waals surface area contributed by atoms with E-state index in [1.165, 1.54) is 6.07 Å². The van der Waals surface area contributed by atoms with Crippen molar-refractivity contribution in [3.05, 3.63) is 89.9 Å². The Morgan fingerprint density at radius 3 is 2.62 bits per heavy atom. The summed E-state index contributed by atoms with van der Waals surface area (Å²) in [7, 11) is 0. The molecule has 0 spiro atoms. The molecule has 0 radical (unpaired) electrons. The fourth-order valence-electron chi connectivity index (χ4n) is 4.36. The fourth-order valence-corrected chi connectivity index (χ4v) is 4.36. The summed E-state index contributed by atoms with van der Waals surface area (Å²) < 4.78 is 14.7. The first-order valence-electron chi connectivity index (χ1n) is 10.9. The quantitative estimate of drug-likeness (QED) is 0.423. The minimum absolute atomic E-state index is 0.302. The van der Waals surface area contributed by atoms with Gasteiger partial charge in [0.05, 0.1) is 11.4 Å². The highest BCUT2D eigenvalue weighted by molar-refractivity contribution is 6.05. The molecule has 2 heterocycles. The first-order chi connectivity index (χ1) is 15.6. The second-order valence-corrected chi connectivity index (χ2v) is 8.22. The van der Waals surface area contributed by atoms with Crippen molar-refractivity contribution in [3.63, 3.8) is 0 Å². The lowest BCUT2D eigenvalue weighted by molar-refractivity contribution is 0.102. The van der Waals surface area contributed by atoms with E-state index in [0.717, 1.165) is 53.5 Å². The van der Waals surface area contributed by atoms with Crippen molar-refractivity contribution in [2.75, 3.05) is 23.3 Å². The van der Waals surface area contributed by atoms with E-state index in [2.05, 4.69) is 16.4 Å². The molecule has 1 saturated heterocycles. The fraction of sp³-hybridized carbons (Fsp3) is 0.185. The van der Waals surface area contributed by atoms with Gasteiger partial charge in [-0.1, -0.05) is 30.3 Å². The van der Waals surface area contributed by atoms with Crippen LogP contribution in [0.1, 0.15) is 28.8 Å². The van der Waals surface area contributed by atoms with Gasteiger partial charge in [0.15, 0.2) is 0 Å². The number of benzene rings is 3. The van der Waals surface area contributed by atoms with E-state index in [1.807, 2.05) is 54.3 Å². The molecule has 160 valence electrons. The van der Waals surface area contributed by atoms with Crippen LogP contribution in [0.5, 0.6) is 0 Å². The lowest BCUT2D eigenvalue weighted by Crippen LogP contribution is -2.19. The number of nitrogens with zero attached hydrogens (tertiary/aromatic N) is 2. The van der Waals surface area contributed by atoms with Gasteiger partial charge in [0.1, 0.15) is 5.82 Å². The minimum atomic E-state index is -0.357. The summed E-state index contributed by atoms with van der Waals surface area (Å²) in [5.41, 5.74) is 4.41. The van der Waals surface area contributed by atoms with Crippen LogP contribution in [0.25, 0.3) is 22.0 Å². The molecular weight excluding hydrogens is 401 g/mol. The molecule has 5 rings (SSSR count). The predicted octanol–water partition coefficient (Wildman–Crippen LogP) is 6.20. The lowest BCUT2D eigenvalue weighted by atomic mass is 9.99. The highest BCUT2D eigenvalue weighted by Crippen LogP contribution is 2.31. The Hall–Kier alpha value is -3.73. The topological polar surface area (TPSA) is 45.2 Å². The van der Waals surface area contributed by atoms with E-state index in [9.17, 15) is 9.18 Å². The summed E-state index contributed by atoms with van der Waals surface area (Å²) in [5, 5.41) is 5.08. The number of anilines is 2. The summed E-state index contributed by atoms with van der Waals surface area (Å²) >= 11 is 0. The van der Waals surface area contributed by atoms with Crippen LogP contribution in [-0.2, 0) is 0 Å². The Bertz CT molecular complexity index is 1310. The van der Waals surface area contributed by atoms with E-state index in [0.29, 0.717) is 16.9 Å². The number of aryl methyl sites for hydroxylation is 1. The zero-order chi connectivity index (χ0) is 22.1. The first kappa shape index (κ1) is 20.2. The average molecular weight is 426 g/mol. The molecule has 1 N–H and O–H groups in total. The van der Waals surface area contributed by atoms with Gasteiger partial charge in [-0.2, -0.15) is 0 Å². The van der Waals surface area contributed by atoms with Crippen LogP contribution in [0, 0.1) is 12.7 Å². The van der Waals surface area contributed by atoms with Crippen molar-refractivity contribution >= 4 is 28.1 Å². The smallest absolute Gasteiger partial charge is 0.255 e. The maximum Gasteiger partial charge on any atom is 0.255 e. The number of nitrogens with one attached hydrogen (secondary N) is 1. The molecule has 32 heavy (non-hydrogen) atoms. The van der Waals surface area contributed by atoms with Gasteiger partial charge in [-0.05, 0) is 67.1 Å². The Kier molecular flexibility index (Phi) is 5.31. The third-order valence-electron chi connectivity index (χ3n) is 6.08. The second-order valence-electron chi connectivity index (χ2n) is 8.22. The molecule has 4 aromatic rings. The van der Waals surface area contributed by atoms with Crippen LogP contribution in [0.3, 0.4) is 0 Å². The minimum Gasteiger partial charge on any atom is -0.369 e. The molecule has 0 unspecified atom stereocenters. The zero-order valence-electron chi connectivity index (χ0n) is 17.9. The maximum atomic E-state index is 14.7. The summed E-state index contributed by atoms with van der Waals surface area (Å²) in [6, 6.07) is 20.6. The number of carbonyl (C=O) groups excluding carboxylic acids is 1. The van der Waals surface area contributed by atoms with E-state index in [4.69, 9.17) is 0 Å². The van der Waals surface area contributed by atoms with Gasteiger partial charge in [-0.3, -0.25) is 9.78 Å². The number of carbonyl (C=O) groups is 1. The average Bonchev–Trinajstić information content (AvgIpc) is 3.34. The van der Waals surface area contributed by atoms with E-state index in [1.54, 1.807) is 18.3 Å². The molecule has 1 aliphatic heterocycles. The predicted molar refractivity (Wildman–Crippen MR) is 128 cm³/mol. The number of amides is 1. The van der Waals surface area contributed by atoms with Gasteiger partial charge < -0.3 is 10.2 Å². The number of pyridine rings is 1. The molecule has 0 saturated carbocycles. The molecule has 3 aromatic carbocycles. The van der Waals surface area contributed by atoms with Crippen LogP contribution in [-0.4, -0.2) is 24.0 Å². The van der Waals surface area contributed by atoms with Gasteiger partial charge >= 0.3 is 0 Å². The number of rotatable bonds is 4. The lowest BCUT2D eigenvalue weighted by Gasteiger charge is -2.18. The van der Waals surface area contributed by atoms with Crippen molar-refractivity contribution in [3.8, 4) is 11.3 Å². The van der Waals surface area contributed by atoms with Gasteiger partial charge in [0, 0.05) is 41.5 Å². The number of fused-ring (bicyclic) bond motifs is 1. The number of halogens is 1. The van der Waals surface area contributed by atoms with Crippen molar-refractivity contribution in [2.45, 2.75) is 19.8 Å². The molecule has 1 aromatic heterocycles. The van der Waals surface area contributed by atoms with E-state index < -0.39 is 0 Å². The second kappa shape index (κ2) is 8.42. The Balaban J connectivity index is 1.43. The Morgan fingerprint density at radius 2 is 1.81 bits per heavy atom. The molecular formula is C27H24FN3O. The highest BCUT2D eigenvalue weighted by Gasteiger charge is 2.18. The zero-order valence-corrected chi connectivity index (χ0v) is 17.9. The van der Waals surface area contributed by atoms with E-state index in [-0.39, 0.29) is 11.7 Å². The number of hydrogen-bond acceptors (Lipinski definition) is 3. The van der Waals surface area contributed by atoms with E-state index >= 15 is 0 Å². The third kappa shape index (κ3) is 3.82. The van der Waals surface area contributed by atoms with Crippen molar-refractivity contribution in [1.29, 1.82) is 0 Å². The van der Waals surface area contributed by atoms with Gasteiger partial charge in [-0.15, -0.1) is 0 Å². The van der Waals surface area contributed by atoms with Crippen LogP contribution >= 0.6 is 0 Å². The first-order valence-corrected chi connectivity index (χ1v) is 10.9. The third-order valence-corrected chi connectivity index (χ3v) is 6.08. The monoisotopic (exact) mass is 425 g/mol. The molecule has 5 heteroatoms. The normalized spacial score (nSPS) is 13.5. The van der Waals surface area contributed by atoms with Crippen LogP contribution < -0.4 is 10.2 Å². The Labute approximate surface area is 186 Å². The summed E-state index contributed by atoms with van der Waals surface area (Å²) in [5.74, 6) is -0.693. The van der Waals surface area contributed by atoms with Gasteiger partial charge in [0.2, 0.25) is 0 Å². The van der Waals surface area contributed by atoms with Crippen LogP contribution in [0.2, 0.25) is 0 Å². The molecule has 0 aliphatic carbocycles. The maximum absolute atomic E-state index is 14.7. The van der Waals surface area contributed by atoms with Gasteiger partial charge in [-0.25, -0.2) is 4.39 Å². The van der Waals surface area contributed by atoms with Crippen molar-refractivity contribution < 1.29 is 9.18 Å². The van der Waals surface area contributed by atoms with Crippen molar-refractivity contribution in [2.24, 2.45) is 0 Å². The SMILES string of the molecule is Cc1ccc(NC(=O)c2ccc(N3CCCC3)c(F)c2)cc1-c1nccc2ccccc12. The summed E-state index contributed by atoms with van der Waals surface area (Å²) in [6.07, 6.45) is 3.94. The number of hydrogen-bond donors (Lipinski definition) is 1. The van der Waals surface area contributed by atoms with Crippen LogP contribution in [0.15, 0.2) is 72.9 Å². The Morgan fingerprint density at radius 1 is 1.00 bits per heavy atom. The molecule has 1 aliphatic rings. The number of aromatic nitrogens is 1. The molecule has 1 amide bonds. The molecule has 1 fully saturated rings. The van der Waals surface area contributed by atoms with Gasteiger partial charge in [0.25, 0.3) is 5.91 Å². The highest BCUT2D eigenvalue weighted by atomic mass is 19.1. The molecule has 4 nitrogen and oxygen atoms in total. The summed E-state index contributed by atoms with van der Waals surface area (Å²) in [4.78, 5) is 19.5. The largest absolute Gasteiger partial charge is 0.369 e.